The Labute approximate surface area is 195 Å². The van der Waals surface area contributed by atoms with Gasteiger partial charge in [0.15, 0.2) is 5.96 Å². The fourth-order valence-electron chi connectivity index (χ4n) is 3.80. The summed E-state index contributed by atoms with van der Waals surface area (Å²) in [7, 11) is 1.84. The van der Waals surface area contributed by atoms with Crippen molar-refractivity contribution in [3.8, 4) is 5.69 Å². The van der Waals surface area contributed by atoms with E-state index in [1.165, 1.54) is 16.7 Å². The third-order valence-electron chi connectivity index (χ3n) is 5.32. The first-order valence-electron chi connectivity index (χ1n) is 9.95. The van der Waals surface area contributed by atoms with Crippen LogP contribution in [0.15, 0.2) is 72.2 Å². The number of hydrogen-bond acceptors (Lipinski definition) is 3. The second-order valence-electron chi connectivity index (χ2n) is 7.16. The summed E-state index contributed by atoms with van der Waals surface area (Å²) in [5.41, 5.74) is 4.82. The predicted octanol–water partition coefficient (Wildman–Crippen LogP) is 3.95. The SMILES string of the molecule is CN=C(NCc1ccccc1-n1ccnc1)N1CCOC(c2ccccc2C)C1.I. The zero-order valence-electron chi connectivity index (χ0n) is 17.4. The first-order valence-corrected chi connectivity index (χ1v) is 9.95. The molecule has 6 nitrogen and oxygen atoms in total. The van der Waals surface area contributed by atoms with E-state index in [0.29, 0.717) is 13.2 Å². The van der Waals surface area contributed by atoms with Gasteiger partial charge in [-0.3, -0.25) is 4.99 Å². The van der Waals surface area contributed by atoms with Gasteiger partial charge in [-0.15, -0.1) is 24.0 Å². The minimum atomic E-state index is 0. The van der Waals surface area contributed by atoms with Crippen molar-refractivity contribution in [1.29, 1.82) is 0 Å². The van der Waals surface area contributed by atoms with Crippen molar-refractivity contribution in [2.45, 2.75) is 19.6 Å². The number of guanidine groups is 1. The first-order chi connectivity index (χ1) is 14.3. The van der Waals surface area contributed by atoms with Gasteiger partial charge in [0.25, 0.3) is 0 Å². The molecule has 1 aliphatic heterocycles. The summed E-state index contributed by atoms with van der Waals surface area (Å²) in [6.07, 6.45) is 5.63. The van der Waals surface area contributed by atoms with Crippen LogP contribution >= 0.6 is 24.0 Å². The lowest BCUT2D eigenvalue weighted by Gasteiger charge is -2.35. The highest BCUT2D eigenvalue weighted by Crippen LogP contribution is 2.25. The summed E-state index contributed by atoms with van der Waals surface area (Å²) in [4.78, 5) is 11.0. The molecule has 1 N–H and O–H groups in total. The van der Waals surface area contributed by atoms with Gasteiger partial charge in [-0.25, -0.2) is 4.98 Å². The van der Waals surface area contributed by atoms with Crippen LogP contribution in [-0.2, 0) is 11.3 Å². The molecule has 1 aromatic heterocycles. The first kappa shape index (κ1) is 22.3. The Kier molecular flexibility index (Phi) is 7.87. The van der Waals surface area contributed by atoms with Gasteiger partial charge in [-0.2, -0.15) is 0 Å². The maximum absolute atomic E-state index is 6.07. The van der Waals surface area contributed by atoms with Crippen LogP contribution in [0.1, 0.15) is 22.8 Å². The fraction of sp³-hybridized carbons (Fsp3) is 0.304. The van der Waals surface area contributed by atoms with Crippen LogP contribution in [0.2, 0.25) is 0 Å². The van der Waals surface area contributed by atoms with E-state index in [2.05, 4.69) is 69.6 Å². The number of benzene rings is 2. The Hall–Kier alpha value is -2.39. The zero-order chi connectivity index (χ0) is 20.1. The fourth-order valence-corrected chi connectivity index (χ4v) is 3.80. The molecule has 1 saturated heterocycles. The standard InChI is InChI=1S/C23H27N5O.HI/c1-18-7-3-5-9-20(18)22-16-27(13-14-29-22)23(24-2)26-15-19-8-4-6-10-21(19)28-12-11-25-17-28;/h3-12,17,22H,13-16H2,1-2H3,(H,24,26);1H. The Balaban J connectivity index is 0.00000256. The van der Waals surface area contributed by atoms with E-state index in [-0.39, 0.29) is 30.1 Å². The van der Waals surface area contributed by atoms with Crippen LogP contribution in [0.4, 0.5) is 0 Å². The van der Waals surface area contributed by atoms with Crippen molar-refractivity contribution in [2.24, 2.45) is 4.99 Å². The number of hydrogen-bond donors (Lipinski definition) is 1. The number of morpholine rings is 1. The summed E-state index contributed by atoms with van der Waals surface area (Å²) in [6.45, 7) is 5.12. The number of rotatable bonds is 4. The number of aryl methyl sites for hydroxylation is 1. The van der Waals surface area contributed by atoms with Gasteiger partial charge >= 0.3 is 0 Å². The number of ether oxygens (including phenoxy) is 1. The molecule has 7 heteroatoms. The summed E-state index contributed by atoms with van der Waals surface area (Å²) in [6, 6.07) is 16.8. The third kappa shape index (κ3) is 5.02. The third-order valence-corrected chi connectivity index (χ3v) is 5.32. The molecule has 1 aliphatic rings. The molecule has 30 heavy (non-hydrogen) atoms. The number of nitrogens with one attached hydrogen (secondary N) is 1. The van der Waals surface area contributed by atoms with Crippen molar-refractivity contribution in [3.05, 3.63) is 83.9 Å². The quantitative estimate of drug-likeness (QED) is 0.324. The molecule has 0 saturated carbocycles. The predicted molar refractivity (Wildman–Crippen MR) is 131 cm³/mol. The summed E-state index contributed by atoms with van der Waals surface area (Å²) < 4.78 is 8.10. The smallest absolute Gasteiger partial charge is 0.194 e. The Bertz CT molecular complexity index is 973. The molecule has 1 atom stereocenters. The molecule has 2 aromatic carbocycles. The topological polar surface area (TPSA) is 54.7 Å². The van der Waals surface area contributed by atoms with Crippen molar-refractivity contribution < 1.29 is 4.74 Å². The molecule has 1 fully saturated rings. The summed E-state index contributed by atoms with van der Waals surface area (Å²) >= 11 is 0. The normalized spacial score (nSPS) is 16.8. The van der Waals surface area contributed by atoms with Crippen LogP contribution in [0.3, 0.4) is 0 Å². The van der Waals surface area contributed by atoms with Crippen molar-refractivity contribution in [1.82, 2.24) is 19.8 Å². The average Bonchev–Trinajstić information content (AvgIpc) is 3.30. The van der Waals surface area contributed by atoms with Crippen LogP contribution in [-0.4, -0.2) is 47.2 Å². The molecular formula is C23H28IN5O. The van der Waals surface area contributed by atoms with E-state index in [9.17, 15) is 0 Å². The van der Waals surface area contributed by atoms with Gasteiger partial charge in [0, 0.05) is 32.5 Å². The Morgan fingerprint density at radius 3 is 2.77 bits per heavy atom. The van der Waals surface area contributed by atoms with Gasteiger partial charge in [-0.05, 0) is 29.7 Å². The lowest BCUT2D eigenvalue weighted by atomic mass is 10.0. The molecule has 3 aromatic rings. The van der Waals surface area contributed by atoms with Crippen LogP contribution in [0.25, 0.3) is 5.69 Å². The van der Waals surface area contributed by atoms with Gasteiger partial charge in [-0.1, -0.05) is 42.5 Å². The molecule has 4 rings (SSSR count). The number of imidazole rings is 1. The largest absolute Gasteiger partial charge is 0.370 e. The Morgan fingerprint density at radius 1 is 1.20 bits per heavy atom. The Morgan fingerprint density at radius 2 is 2.00 bits per heavy atom. The number of halogens is 1. The van der Waals surface area contributed by atoms with Crippen LogP contribution < -0.4 is 5.32 Å². The number of aromatic nitrogens is 2. The summed E-state index contributed by atoms with van der Waals surface area (Å²) in [5.74, 6) is 0.896. The average molecular weight is 517 g/mol. The molecule has 158 valence electrons. The number of aliphatic imine (C=N–C) groups is 1. The van der Waals surface area contributed by atoms with Gasteiger partial charge in [0.1, 0.15) is 6.10 Å². The van der Waals surface area contributed by atoms with E-state index in [0.717, 1.165) is 24.7 Å². The molecule has 0 amide bonds. The van der Waals surface area contributed by atoms with E-state index in [1.54, 1.807) is 6.20 Å². The van der Waals surface area contributed by atoms with E-state index < -0.39 is 0 Å². The van der Waals surface area contributed by atoms with Crippen molar-refractivity contribution in [2.75, 3.05) is 26.7 Å². The van der Waals surface area contributed by atoms with Gasteiger partial charge in [0.2, 0.25) is 0 Å². The molecule has 0 bridgehead atoms. The summed E-state index contributed by atoms with van der Waals surface area (Å²) in [5, 5.41) is 3.53. The van der Waals surface area contributed by atoms with Crippen molar-refractivity contribution >= 4 is 29.9 Å². The lowest BCUT2D eigenvalue weighted by molar-refractivity contribution is -0.00833. The van der Waals surface area contributed by atoms with Crippen LogP contribution in [0, 0.1) is 6.92 Å². The molecular weight excluding hydrogens is 489 g/mol. The molecule has 0 aliphatic carbocycles. The van der Waals surface area contributed by atoms with E-state index >= 15 is 0 Å². The van der Waals surface area contributed by atoms with E-state index in [4.69, 9.17) is 4.74 Å². The second-order valence-corrected chi connectivity index (χ2v) is 7.16. The highest BCUT2D eigenvalue weighted by atomic mass is 127. The monoisotopic (exact) mass is 517 g/mol. The van der Waals surface area contributed by atoms with Gasteiger partial charge in [0.05, 0.1) is 25.2 Å². The highest BCUT2D eigenvalue weighted by Gasteiger charge is 2.25. The maximum atomic E-state index is 6.07. The number of para-hydroxylation sites is 1. The zero-order valence-corrected chi connectivity index (χ0v) is 19.7. The minimum Gasteiger partial charge on any atom is -0.370 e. The second kappa shape index (κ2) is 10.6. The number of nitrogens with zero attached hydrogens (tertiary/aromatic N) is 4. The van der Waals surface area contributed by atoms with Gasteiger partial charge < -0.3 is 19.5 Å². The lowest BCUT2D eigenvalue weighted by Crippen LogP contribution is -2.48. The molecule has 0 spiro atoms. The molecule has 1 unspecified atom stereocenters. The van der Waals surface area contributed by atoms with E-state index in [1.807, 2.05) is 30.2 Å². The minimum absolute atomic E-state index is 0. The highest BCUT2D eigenvalue weighted by molar-refractivity contribution is 14.0. The maximum Gasteiger partial charge on any atom is 0.194 e. The van der Waals surface area contributed by atoms with Crippen molar-refractivity contribution in [3.63, 3.8) is 0 Å². The molecule has 2 heterocycles. The molecule has 0 radical (unpaired) electrons. The van der Waals surface area contributed by atoms with Crippen LogP contribution in [0.5, 0.6) is 0 Å².